The minimum atomic E-state index is -0.761. The van der Waals surface area contributed by atoms with E-state index in [0.29, 0.717) is 26.2 Å². The molecule has 1 aliphatic heterocycles. The van der Waals surface area contributed by atoms with Gasteiger partial charge in [0, 0.05) is 26.7 Å². The highest BCUT2D eigenvalue weighted by Gasteiger charge is 2.30. The quantitative estimate of drug-likeness (QED) is 0.859. The number of nitrogens with zero attached hydrogens (tertiary/aromatic N) is 2. The predicted molar refractivity (Wildman–Crippen MR) is 79.8 cm³/mol. The van der Waals surface area contributed by atoms with Crippen molar-refractivity contribution >= 4 is 11.9 Å². The molecule has 0 unspecified atom stereocenters. The maximum atomic E-state index is 12.2. The molecule has 1 saturated heterocycles. The van der Waals surface area contributed by atoms with Crippen LogP contribution in [0.15, 0.2) is 24.3 Å². The molecule has 1 aromatic carbocycles. The molecule has 0 spiro atoms. The lowest BCUT2D eigenvalue weighted by atomic mass is 9.96. The molecule has 5 nitrogen and oxygen atoms in total. The minimum Gasteiger partial charge on any atom is -0.481 e. The summed E-state index contributed by atoms with van der Waals surface area (Å²) in [5.74, 6) is -0.494. The Hall–Kier alpha value is -1.88. The number of rotatable bonds is 6. The van der Waals surface area contributed by atoms with Gasteiger partial charge in [-0.3, -0.25) is 14.5 Å². The van der Waals surface area contributed by atoms with Gasteiger partial charge >= 0.3 is 5.97 Å². The topological polar surface area (TPSA) is 60.9 Å². The van der Waals surface area contributed by atoms with E-state index in [9.17, 15) is 9.59 Å². The van der Waals surface area contributed by atoms with Gasteiger partial charge in [-0.15, -0.1) is 0 Å². The first-order valence-electron chi connectivity index (χ1n) is 7.18. The standard InChI is InChI=1S/C16H22N2O3/c1-12-5-3-4-6-14(12)10-17(2)15(19)11-18-8-13(9-18)7-16(20)21/h3-6,13H,7-11H2,1-2H3,(H,20,21). The molecule has 1 amide bonds. The number of likely N-dealkylation sites (N-methyl/N-ethyl adjacent to an activating group) is 1. The zero-order valence-corrected chi connectivity index (χ0v) is 12.6. The molecular weight excluding hydrogens is 268 g/mol. The van der Waals surface area contributed by atoms with E-state index in [2.05, 4.69) is 0 Å². The van der Waals surface area contributed by atoms with Crippen LogP contribution in [-0.2, 0) is 16.1 Å². The van der Waals surface area contributed by atoms with Crippen molar-refractivity contribution < 1.29 is 14.7 Å². The van der Waals surface area contributed by atoms with E-state index >= 15 is 0 Å². The fourth-order valence-corrected chi connectivity index (χ4v) is 2.63. The Labute approximate surface area is 125 Å². The highest BCUT2D eigenvalue weighted by Crippen LogP contribution is 2.19. The number of aryl methyl sites for hydroxylation is 1. The fraction of sp³-hybridized carbons (Fsp3) is 0.500. The van der Waals surface area contributed by atoms with Gasteiger partial charge < -0.3 is 10.0 Å². The third-order valence-electron chi connectivity index (χ3n) is 3.95. The maximum Gasteiger partial charge on any atom is 0.303 e. The lowest BCUT2D eigenvalue weighted by Gasteiger charge is -2.38. The number of hydrogen-bond donors (Lipinski definition) is 1. The average molecular weight is 290 g/mol. The molecule has 0 saturated carbocycles. The van der Waals surface area contributed by atoms with E-state index < -0.39 is 5.97 Å². The van der Waals surface area contributed by atoms with Crippen LogP contribution in [0.3, 0.4) is 0 Å². The van der Waals surface area contributed by atoms with E-state index in [-0.39, 0.29) is 18.2 Å². The molecule has 1 fully saturated rings. The molecule has 0 aliphatic carbocycles. The van der Waals surface area contributed by atoms with Gasteiger partial charge in [0.1, 0.15) is 0 Å². The molecule has 0 bridgehead atoms. The van der Waals surface area contributed by atoms with Gasteiger partial charge in [0.2, 0.25) is 5.91 Å². The van der Waals surface area contributed by atoms with Crippen LogP contribution < -0.4 is 0 Å². The van der Waals surface area contributed by atoms with Crippen LogP contribution in [0.25, 0.3) is 0 Å². The van der Waals surface area contributed by atoms with Gasteiger partial charge in [-0.05, 0) is 24.0 Å². The molecule has 1 N–H and O–H groups in total. The van der Waals surface area contributed by atoms with Crippen molar-refractivity contribution in [3.63, 3.8) is 0 Å². The van der Waals surface area contributed by atoms with E-state index in [1.165, 1.54) is 5.56 Å². The van der Waals surface area contributed by atoms with Crippen LogP contribution in [0.2, 0.25) is 0 Å². The molecule has 21 heavy (non-hydrogen) atoms. The van der Waals surface area contributed by atoms with E-state index in [1.54, 1.807) is 4.90 Å². The smallest absolute Gasteiger partial charge is 0.303 e. The molecule has 1 aliphatic rings. The van der Waals surface area contributed by atoms with Crippen molar-refractivity contribution in [2.45, 2.75) is 19.9 Å². The highest BCUT2D eigenvalue weighted by molar-refractivity contribution is 5.78. The van der Waals surface area contributed by atoms with Crippen molar-refractivity contribution in [1.82, 2.24) is 9.80 Å². The summed E-state index contributed by atoms with van der Waals surface area (Å²) in [5, 5.41) is 8.70. The van der Waals surface area contributed by atoms with Crippen molar-refractivity contribution in [2.75, 3.05) is 26.7 Å². The summed E-state index contributed by atoms with van der Waals surface area (Å²) in [6.45, 7) is 4.43. The lowest BCUT2D eigenvalue weighted by molar-refractivity contribution is -0.140. The van der Waals surface area contributed by atoms with Gasteiger partial charge in [0.05, 0.1) is 13.0 Å². The van der Waals surface area contributed by atoms with Gasteiger partial charge in [0.25, 0.3) is 0 Å². The first-order valence-corrected chi connectivity index (χ1v) is 7.18. The second kappa shape index (κ2) is 6.72. The summed E-state index contributed by atoms with van der Waals surface area (Å²) in [6, 6.07) is 8.04. The first kappa shape index (κ1) is 15.5. The second-order valence-corrected chi connectivity index (χ2v) is 5.83. The summed E-state index contributed by atoms with van der Waals surface area (Å²) >= 11 is 0. The largest absolute Gasteiger partial charge is 0.481 e. The molecule has 0 radical (unpaired) electrons. The average Bonchev–Trinajstić information content (AvgIpc) is 2.38. The summed E-state index contributed by atoms with van der Waals surface area (Å²) in [6.07, 6.45) is 0.198. The number of hydrogen-bond acceptors (Lipinski definition) is 3. The lowest BCUT2D eigenvalue weighted by Crippen LogP contribution is -2.51. The molecule has 0 atom stereocenters. The molecule has 1 aromatic rings. The number of likely N-dealkylation sites (tertiary alicyclic amines) is 1. The first-order chi connectivity index (χ1) is 9.95. The molecular formula is C16H22N2O3. The Bertz CT molecular complexity index is 524. The molecule has 114 valence electrons. The van der Waals surface area contributed by atoms with Crippen molar-refractivity contribution in [2.24, 2.45) is 5.92 Å². The van der Waals surface area contributed by atoms with Crippen LogP contribution in [0.1, 0.15) is 17.5 Å². The van der Waals surface area contributed by atoms with E-state index in [4.69, 9.17) is 5.11 Å². The summed E-state index contributed by atoms with van der Waals surface area (Å²) in [4.78, 5) is 26.5. The van der Waals surface area contributed by atoms with Crippen LogP contribution >= 0.6 is 0 Å². The molecule has 1 heterocycles. The van der Waals surface area contributed by atoms with Crippen molar-refractivity contribution in [3.8, 4) is 0 Å². The number of amides is 1. The predicted octanol–water partition coefficient (Wildman–Crippen LogP) is 1.36. The van der Waals surface area contributed by atoms with Gasteiger partial charge in [-0.1, -0.05) is 24.3 Å². The van der Waals surface area contributed by atoms with E-state index in [1.807, 2.05) is 43.1 Å². The second-order valence-electron chi connectivity index (χ2n) is 5.83. The van der Waals surface area contributed by atoms with Gasteiger partial charge in [-0.25, -0.2) is 0 Å². The number of carbonyl (C=O) groups excluding carboxylic acids is 1. The molecule has 5 heteroatoms. The summed E-state index contributed by atoms with van der Waals surface area (Å²) < 4.78 is 0. The van der Waals surface area contributed by atoms with Crippen LogP contribution in [0.5, 0.6) is 0 Å². The molecule has 0 aromatic heterocycles. The number of benzene rings is 1. The Kier molecular flexibility index (Phi) is 4.96. The normalized spacial score (nSPS) is 15.5. The third kappa shape index (κ3) is 4.29. The molecule has 2 rings (SSSR count). The number of aliphatic carboxylic acids is 1. The Morgan fingerprint density at radius 3 is 2.62 bits per heavy atom. The highest BCUT2D eigenvalue weighted by atomic mass is 16.4. The SMILES string of the molecule is Cc1ccccc1CN(C)C(=O)CN1CC(CC(=O)O)C1. The zero-order chi connectivity index (χ0) is 15.4. The third-order valence-corrected chi connectivity index (χ3v) is 3.95. The van der Waals surface area contributed by atoms with Crippen LogP contribution in [0.4, 0.5) is 0 Å². The monoisotopic (exact) mass is 290 g/mol. The zero-order valence-electron chi connectivity index (χ0n) is 12.6. The van der Waals surface area contributed by atoms with Crippen molar-refractivity contribution in [3.05, 3.63) is 35.4 Å². The van der Waals surface area contributed by atoms with Gasteiger partial charge in [-0.2, -0.15) is 0 Å². The number of carbonyl (C=O) groups is 2. The van der Waals surface area contributed by atoms with Crippen LogP contribution in [-0.4, -0.2) is 53.5 Å². The Morgan fingerprint density at radius 2 is 2.00 bits per heavy atom. The van der Waals surface area contributed by atoms with E-state index in [0.717, 1.165) is 5.56 Å². The number of carboxylic acids is 1. The minimum absolute atomic E-state index is 0.0760. The number of carboxylic acid groups (broad SMARTS) is 1. The van der Waals surface area contributed by atoms with Gasteiger partial charge in [0.15, 0.2) is 0 Å². The Balaban J connectivity index is 1.77. The Morgan fingerprint density at radius 1 is 1.33 bits per heavy atom. The summed E-state index contributed by atoms with van der Waals surface area (Å²) in [5.41, 5.74) is 2.34. The summed E-state index contributed by atoms with van der Waals surface area (Å²) in [7, 11) is 1.81. The fourth-order valence-electron chi connectivity index (χ4n) is 2.63. The maximum absolute atomic E-state index is 12.2. The van der Waals surface area contributed by atoms with Crippen molar-refractivity contribution in [1.29, 1.82) is 0 Å². The van der Waals surface area contributed by atoms with Crippen LogP contribution in [0, 0.1) is 12.8 Å².